The highest BCUT2D eigenvalue weighted by Crippen LogP contribution is 2.37. The molecule has 1 N–H and O–H groups in total. The molecule has 0 radical (unpaired) electrons. The van der Waals surface area contributed by atoms with Crippen LogP contribution in [0.5, 0.6) is 5.75 Å². The summed E-state index contributed by atoms with van der Waals surface area (Å²) in [5, 5.41) is 14.8. The summed E-state index contributed by atoms with van der Waals surface area (Å²) in [6.07, 6.45) is -0.321. The van der Waals surface area contributed by atoms with Crippen LogP contribution in [0.4, 0.5) is 4.39 Å². The summed E-state index contributed by atoms with van der Waals surface area (Å²) in [6, 6.07) is 5.69. The third-order valence-corrected chi connectivity index (χ3v) is 4.56. The maximum absolute atomic E-state index is 13.4. The molecule has 3 heterocycles. The number of carbonyl (C=O) groups is 1. The molecule has 2 atom stereocenters. The van der Waals surface area contributed by atoms with Crippen LogP contribution in [-0.4, -0.2) is 32.2 Å². The van der Waals surface area contributed by atoms with Crippen molar-refractivity contribution in [3.05, 3.63) is 58.5 Å². The van der Waals surface area contributed by atoms with Gasteiger partial charge in [0.05, 0.1) is 17.4 Å². The molecule has 0 fully saturated rings. The third-order valence-electron chi connectivity index (χ3n) is 4.56. The van der Waals surface area contributed by atoms with Gasteiger partial charge in [-0.05, 0) is 26.8 Å². The molecule has 2 unspecified atom stereocenters. The average molecular weight is 371 g/mol. The normalized spacial score (nSPS) is 18.2. The van der Waals surface area contributed by atoms with Crippen molar-refractivity contribution in [1.29, 1.82) is 0 Å². The molecule has 8 nitrogen and oxygen atoms in total. The van der Waals surface area contributed by atoms with Gasteiger partial charge in [-0.15, -0.1) is 5.10 Å². The quantitative estimate of drug-likeness (QED) is 0.756. The van der Waals surface area contributed by atoms with Crippen molar-refractivity contribution in [2.24, 2.45) is 0 Å². The summed E-state index contributed by atoms with van der Waals surface area (Å²) in [6.45, 7) is 5.74. The first-order valence-corrected chi connectivity index (χ1v) is 8.51. The Labute approximate surface area is 154 Å². The molecule has 9 heteroatoms. The number of fused-ring (bicyclic) bond motifs is 1. The number of nitrogens with zero attached hydrogens (tertiary/aromatic N) is 4. The van der Waals surface area contributed by atoms with Crippen LogP contribution in [0.25, 0.3) is 0 Å². The van der Waals surface area contributed by atoms with E-state index in [1.807, 2.05) is 13.8 Å². The number of hydrogen-bond acceptors (Lipinski definition) is 6. The Morgan fingerprint density at radius 3 is 2.89 bits per heavy atom. The van der Waals surface area contributed by atoms with Crippen LogP contribution in [0.3, 0.4) is 0 Å². The highest BCUT2D eigenvalue weighted by Gasteiger charge is 2.34. The Kier molecular flexibility index (Phi) is 4.14. The SMILES string of the molecule is Cc1cc(Cn2nnc(C(=O)NC3c4ccc(F)cc4OC3C)c2C)on1. The summed E-state index contributed by atoms with van der Waals surface area (Å²) in [7, 11) is 0. The number of aryl methyl sites for hydroxylation is 1. The number of benzene rings is 1. The number of rotatable bonds is 4. The van der Waals surface area contributed by atoms with Crippen molar-refractivity contribution in [2.45, 2.75) is 39.5 Å². The first-order valence-electron chi connectivity index (χ1n) is 8.51. The lowest BCUT2D eigenvalue weighted by Gasteiger charge is -2.16. The fourth-order valence-electron chi connectivity index (χ4n) is 3.15. The van der Waals surface area contributed by atoms with Gasteiger partial charge in [-0.25, -0.2) is 9.07 Å². The number of nitrogens with one attached hydrogen (secondary N) is 1. The number of amides is 1. The van der Waals surface area contributed by atoms with Gasteiger partial charge in [0.1, 0.15) is 24.2 Å². The van der Waals surface area contributed by atoms with Gasteiger partial charge < -0.3 is 14.6 Å². The lowest BCUT2D eigenvalue weighted by molar-refractivity contribution is 0.0902. The van der Waals surface area contributed by atoms with Gasteiger partial charge in [-0.3, -0.25) is 4.79 Å². The van der Waals surface area contributed by atoms with Crippen LogP contribution >= 0.6 is 0 Å². The lowest BCUT2D eigenvalue weighted by Crippen LogP contribution is -2.34. The number of aromatic nitrogens is 4. The van der Waals surface area contributed by atoms with Gasteiger partial charge >= 0.3 is 0 Å². The smallest absolute Gasteiger partial charge is 0.274 e. The van der Waals surface area contributed by atoms with E-state index in [9.17, 15) is 9.18 Å². The summed E-state index contributed by atoms with van der Waals surface area (Å²) in [5.41, 5.74) is 2.33. The van der Waals surface area contributed by atoms with Gasteiger partial charge in [0, 0.05) is 17.7 Å². The Balaban J connectivity index is 1.52. The van der Waals surface area contributed by atoms with Gasteiger partial charge in [0.25, 0.3) is 5.91 Å². The summed E-state index contributed by atoms with van der Waals surface area (Å²) in [4.78, 5) is 12.7. The predicted molar refractivity (Wildman–Crippen MR) is 91.8 cm³/mol. The third kappa shape index (κ3) is 3.16. The second kappa shape index (κ2) is 6.49. The van der Waals surface area contributed by atoms with Crippen LogP contribution in [-0.2, 0) is 6.54 Å². The predicted octanol–water partition coefficient (Wildman–Crippen LogP) is 2.32. The van der Waals surface area contributed by atoms with Crippen LogP contribution in [0, 0.1) is 19.7 Å². The van der Waals surface area contributed by atoms with E-state index >= 15 is 0 Å². The molecule has 4 rings (SSSR count). The van der Waals surface area contributed by atoms with E-state index in [2.05, 4.69) is 20.8 Å². The Morgan fingerprint density at radius 1 is 1.33 bits per heavy atom. The standard InChI is InChI=1S/C18H18FN5O3/c1-9-6-13(27-22-9)8-24-10(2)16(21-23-24)18(25)20-17-11(3)26-15-7-12(19)4-5-14(15)17/h4-7,11,17H,8H2,1-3H3,(H,20,25). The van der Waals surface area contributed by atoms with Crippen molar-refractivity contribution < 1.29 is 18.4 Å². The molecule has 2 aromatic heterocycles. The first kappa shape index (κ1) is 17.2. The minimum Gasteiger partial charge on any atom is -0.488 e. The molecule has 140 valence electrons. The molecule has 0 spiro atoms. The van der Waals surface area contributed by atoms with Crippen molar-refractivity contribution >= 4 is 5.91 Å². The van der Waals surface area contributed by atoms with Crippen LogP contribution in [0.1, 0.15) is 46.2 Å². The van der Waals surface area contributed by atoms with Crippen LogP contribution in [0.15, 0.2) is 28.8 Å². The molecule has 3 aromatic rings. The topological polar surface area (TPSA) is 95.1 Å². The van der Waals surface area contributed by atoms with Crippen LogP contribution < -0.4 is 10.1 Å². The molecule has 1 aliphatic heterocycles. The second-order valence-electron chi connectivity index (χ2n) is 6.57. The Bertz CT molecular complexity index is 1010. The molecule has 1 aliphatic rings. The zero-order chi connectivity index (χ0) is 19.1. The number of carbonyl (C=O) groups excluding carboxylic acids is 1. The van der Waals surface area contributed by atoms with Crippen molar-refractivity contribution in [1.82, 2.24) is 25.5 Å². The Morgan fingerprint density at radius 2 is 2.15 bits per heavy atom. The minimum atomic E-state index is -0.394. The summed E-state index contributed by atoms with van der Waals surface area (Å²) >= 11 is 0. The number of hydrogen-bond donors (Lipinski definition) is 1. The molecule has 0 saturated carbocycles. The van der Waals surface area contributed by atoms with Crippen molar-refractivity contribution in [3.63, 3.8) is 0 Å². The molecule has 1 aromatic carbocycles. The zero-order valence-electron chi connectivity index (χ0n) is 15.1. The van der Waals surface area contributed by atoms with Crippen molar-refractivity contribution in [2.75, 3.05) is 0 Å². The maximum Gasteiger partial charge on any atom is 0.274 e. The van der Waals surface area contributed by atoms with E-state index in [0.717, 1.165) is 11.3 Å². The van der Waals surface area contributed by atoms with Gasteiger partial charge in [-0.2, -0.15) is 0 Å². The number of halogens is 1. The lowest BCUT2D eigenvalue weighted by atomic mass is 10.0. The van der Waals surface area contributed by atoms with E-state index in [0.29, 0.717) is 23.7 Å². The molecular formula is C18H18FN5O3. The first-order chi connectivity index (χ1) is 12.9. The summed E-state index contributed by atoms with van der Waals surface area (Å²) in [5.74, 6) is 0.314. The van der Waals surface area contributed by atoms with E-state index in [4.69, 9.17) is 9.26 Å². The van der Waals surface area contributed by atoms with Gasteiger partial charge in [0.15, 0.2) is 11.5 Å². The highest BCUT2D eigenvalue weighted by molar-refractivity contribution is 5.93. The largest absolute Gasteiger partial charge is 0.488 e. The highest BCUT2D eigenvalue weighted by atomic mass is 19.1. The average Bonchev–Trinajstić information content (AvgIpc) is 3.27. The van der Waals surface area contributed by atoms with Gasteiger partial charge in [0.2, 0.25) is 0 Å². The fourth-order valence-corrected chi connectivity index (χ4v) is 3.15. The van der Waals surface area contributed by atoms with E-state index < -0.39 is 6.04 Å². The Hall–Kier alpha value is -3.23. The van der Waals surface area contributed by atoms with Gasteiger partial charge in [-0.1, -0.05) is 16.4 Å². The van der Waals surface area contributed by atoms with Crippen LogP contribution in [0.2, 0.25) is 0 Å². The molecular weight excluding hydrogens is 353 g/mol. The molecule has 27 heavy (non-hydrogen) atoms. The molecule has 0 bridgehead atoms. The zero-order valence-corrected chi connectivity index (χ0v) is 15.1. The monoisotopic (exact) mass is 371 g/mol. The second-order valence-corrected chi connectivity index (χ2v) is 6.57. The van der Waals surface area contributed by atoms with E-state index in [1.165, 1.54) is 12.1 Å². The molecule has 0 saturated heterocycles. The van der Waals surface area contributed by atoms with Crippen molar-refractivity contribution in [3.8, 4) is 5.75 Å². The maximum atomic E-state index is 13.4. The fraction of sp³-hybridized carbons (Fsp3) is 0.333. The van der Waals surface area contributed by atoms with E-state index in [1.54, 1.807) is 23.7 Å². The van der Waals surface area contributed by atoms with E-state index in [-0.39, 0.29) is 23.5 Å². The summed E-state index contributed by atoms with van der Waals surface area (Å²) < 4.78 is 25.8. The molecule has 0 aliphatic carbocycles. The number of ether oxygens (including phenoxy) is 1. The minimum absolute atomic E-state index is 0.217. The molecule has 1 amide bonds.